The summed E-state index contributed by atoms with van der Waals surface area (Å²) in [6.07, 6.45) is 2.10. The van der Waals surface area contributed by atoms with Crippen LogP contribution in [-0.2, 0) is 22.6 Å². The van der Waals surface area contributed by atoms with Gasteiger partial charge in [-0.3, -0.25) is 14.4 Å². The van der Waals surface area contributed by atoms with Crippen LogP contribution in [0, 0.1) is 12.8 Å². The van der Waals surface area contributed by atoms with Crippen LogP contribution in [0.25, 0.3) is 10.9 Å². The number of rotatable bonds is 7. The van der Waals surface area contributed by atoms with Gasteiger partial charge in [0.2, 0.25) is 17.6 Å². The number of benzene rings is 1. The maximum atomic E-state index is 14.4. The summed E-state index contributed by atoms with van der Waals surface area (Å²) in [4.78, 5) is 56.5. The smallest absolute Gasteiger partial charge is 0.276 e. The molecule has 1 aromatic carbocycles. The first-order valence-corrected chi connectivity index (χ1v) is 18.5. The molecule has 3 amide bonds. The summed E-state index contributed by atoms with van der Waals surface area (Å²) in [5.41, 5.74) is 2.29. The van der Waals surface area contributed by atoms with E-state index in [9.17, 15) is 14.4 Å². The third kappa shape index (κ3) is 8.09. The molecule has 2 bridgehead atoms. The van der Waals surface area contributed by atoms with Crippen molar-refractivity contribution in [2.45, 2.75) is 58.9 Å². The van der Waals surface area contributed by atoms with Gasteiger partial charge in [-0.15, -0.1) is 11.3 Å². The van der Waals surface area contributed by atoms with Crippen LogP contribution in [-0.4, -0.2) is 103 Å². The van der Waals surface area contributed by atoms with E-state index in [4.69, 9.17) is 23.7 Å². The minimum Gasteiger partial charge on any atom is -0.493 e. The second kappa shape index (κ2) is 16.2. The van der Waals surface area contributed by atoms with Gasteiger partial charge in [0.15, 0.2) is 17.2 Å². The predicted octanol–water partition coefficient (Wildman–Crippen LogP) is 4.59. The highest BCUT2D eigenvalue weighted by molar-refractivity contribution is 7.09. The Hall–Kier alpha value is -4.92. The molecule has 15 heteroatoms. The quantitative estimate of drug-likeness (QED) is 0.284. The van der Waals surface area contributed by atoms with E-state index in [2.05, 4.69) is 20.4 Å². The lowest BCUT2D eigenvalue weighted by molar-refractivity contribution is -0.131. The Kier molecular flexibility index (Phi) is 11.5. The predicted molar refractivity (Wildman–Crippen MR) is 196 cm³/mol. The number of anilines is 1. The number of methoxy groups -OCH3 is 3. The van der Waals surface area contributed by atoms with E-state index in [0.29, 0.717) is 52.7 Å². The lowest BCUT2D eigenvalue weighted by atomic mass is 9.97. The Labute approximate surface area is 307 Å². The number of hydrogen-bond acceptors (Lipinski definition) is 12. The van der Waals surface area contributed by atoms with Crippen LogP contribution in [0.5, 0.6) is 17.2 Å². The van der Waals surface area contributed by atoms with Crippen molar-refractivity contribution in [3.8, 4) is 17.2 Å². The van der Waals surface area contributed by atoms with Gasteiger partial charge in [0, 0.05) is 86.6 Å². The number of nitrogens with zero attached hydrogens (tertiary/aromatic N) is 6. The summed E-state index contributed by atoms with van der Waals surface area (Å²) in [6, 6.07) is 5.50. The van der Waals surface area contributed by atoms with Crippen molar-refractivity contribution in [2.75, 3.05) is 65.5 Å². The number of carbonyl (C=O) groups is 3. The van der Waals surface area contributed by atoms with Gasteiger partial charge < -0.3 is 38.8 Å². The van der Waals surface area contributed by atoms with E-state index in [1.54, 1.807) is 37.2 Å². The molecule has 2 aliphatic heterocycles. The number of pyridine rings is 1. The maximum absolute atomic E-state index is 14.4. The molecular weight excluding hydrogens is 687 g/mol. The molecule has 14 nitrogen and oxygen atoms in total. The summed E-state index contributed by atoms with van der Waals surface area (Å²) in [5, 5.41) is 10.7. The number of aromatic nitrogens is 3. The van der Waals surface area contributed by atoms with E-state index in [1.807, 2.05) is 38.3 Å². The highest BCUT2D eigenvalue weighted by Gasteiger charge is 2.30. The number of piperidine rings is 1. The van der Waals surface area contributed by atoms with Crippen LogP contribution in [0.3, 0.4) is 0 Å². The molecule has 1 N–H and O–H groups in total. The van der Waals surface area contributed by atoms with Crippen LogP contribution in [0.1, 0.15) is 71.5 Å². The zero-order valence-electron chi connectivity index (χ0n) is 30.7. The molecule has 1 unspecified atom stereocenters. The molecule has 6 rings (SSSR count). The monoisotopic (exact) mass is 733 g/mol. The molecule has 0 radical (unpaired) electrons. The molecule has 0 aliphatic carbocycles. The molecule has 1 saturated heterocycles. The van der Waals surface area contributed by atoms with Crippen molar-refractivity contribution in [2.24, 2.45) is 5.92 Å². The van der Waals surface area contributed by atoms with Crippen molar-refractivity contribution in [1.82, 2.24) is 30.2 Å². The fraction of sp³-hybridized carbons (Fsp3) is 0.514. The molecule has 1 fully saturated rings. The zero-order chi connectivity index (χ0) is 36.9. The Morgan fingerprint density at radius 3 is 2.50 bits per heavy atom. The third-order valence-electron chi connectivity index (χ3n) is 9.65. The lowest BCUT2D eigenvalue weighted by Crippen LogP contribution is -2.43. The van der Waals surface area contributed by atoms with Gasteiger partial charge >= 0.3 is 0 Å². The van der Waals surface area contributed by atoms with Gasteiger partial charge in [-0.25, -0.2) is 9.97 Å². The van der Waals surface area contributed by atoms with Gasteiger partial charge in [0.05, 0.1) is 44.0 Å². The first-order valence-electron chi connectivity index (χ1n) is 17.7. The summed E-state index contributed by atoms with van der Waals surface area (Å²) in [7, 11) is 4.69. The Bertz CT molecular complexity index is 1930. The number of thiazole rings is 1. The van der Waals surface area contributed by atoms with E-state index in [1.165, 1.54) is 11.3 Å². The molecule has 0 saturated carbocycles. The summed E-state index contributed by atoms with van der Waals surface area (Å²) < 4.78 is 22.8. The second-order valence-electron chi connectivity index (χ2n) is 13.6. The maximum Gasteiger partial charge on any atom is 0.276 e. The normalized spacial score (nSPS) is 17.3. The number of hydrogen-bond donors (Lipinski definition) is 1. The number of carbonyl (C=O) groups excluding carboxylic acids is 3. The topological polar surface area (TPSA) is 152 Å². The summed E-state index contributed by atoms with van der Waals surface area (Å²) in [5.74, 6) is 2.29. The Morgan fingerprint density at radius 1 is 1.02 bits per heavy atom. The van der Waals surface area contributed by atoms with Crippen LogP contribution < -0.4 is 24.4 Å². The van der Waals surface area contributed by atoms with Gasteiger partial charge in [0.25, 0.3) is 5.91 Å². The molecule has 52 heavy (non-hydrogen) atoms. The van der Waals surface area contributed by atoms with Crippen LogP contribution in [0.2, 0.25) is 0 Å². The molecule has 4 aromatic rings. The average molecular weight is 734 g/mol. The molecule has 1 atom stereocenters. The van der Waals surface area contributed by atoms with Crippen molar-refractivity contribution in [1.29, 1.82) is 0 Å². The summed E-state index contributed by atoms with van der Waals surface area (Å²) >= 11 is 1.48. The van der Waals surface area contributed by atoms with Crippen LogP contribution in [0.4, 0.5) is 5.82 Å². The highest BCUT2D eigenvalue weighted by Crippen LogP contribution is 2.44. The van der Waals surface area contributed by atoms with E-state index >= 15 is 0 Å². The highest BCUT2D eigenvalue weighted by atomic mass is 32.1. The van der Waals surface area contributed by atoms with Gasteiger partial charge in [-0.1, -0.05) is 19.0 Å². The number of fused-ring (bicyclic) bond motifs is 5. The van der Waals surface area contributed by atoms with Gasteiger partial charge in [-0.05, 0) is 31.7 Å². The second-order valence-corrected chi connectivity index (χ2v) is 14.7. The zero-order valence-corrected chi connectivity index (χ0v) is 31.5. The fourth-order valence-corrected chi connectivity index (χ4v) is 7.47. The molecule has 3 aromatic heterocycles. The van der Waals surface area contributed by atoms with Crippen LogP contribution >= 0.6 is 11.3 Å². The third-order valence-corrected chi connectivity index (χ3v) is 10.5. The number of nitrogens with one attached hydrogen (secondary N) is 1. The molecule has 5 heterocycles. The number of amides is 3. The van der Waals surface area contributed by atoms with E-state index in [-0.39, 0.29) is 74.3 Å². The largest absolute Gasteiger partial charge is 0.493 e. The minimum atomic E-state index is -0.345. The van der Waals surface area contributed by atoms with Crippen molar-refractivity contribution in [3.63, 3.8) is 0 Å². The van der Waals surface area contributed by atoms with Gasteiger partial charge in [0.1, 0.15) is 11.6 Å². The Balaban J connectivity index is 1.45. The summed E-state index contributed by atoms with van der Waals surface area (Å²) in [6.45, 7) is 8.49. The minimum absolute atomic E-state index is 0.0355. The molecule has 278 valence electrons. The first-order chi connectivity index (χ1) is 25.1. The standard InChI is InChI=1S/C37H47N7O7S/c1-22(2)30-17-29(41-51-30)37(47)44-13-12-42(33(46)15-26-21-52-23(3)39-26)11-9-32(45)38-18-24-8-7-10-43(19-24)36-25(20-44)14-27-28(40-36)16-31(48-4)35(50-6)34(27)49-5/h14,16-17,21-22,24H,7-13,15,18-20H2,1-6H3,(H,38,45). The number of aryl methyl sites for hydroxylation is 1. The number of ether oxygens (including phenoxy) is 3. The molecule has 2 aliphatic rings. The van der Waals surface area contributed by atoms with E-state index in [0.717, 1.165) is 35.8 Å². The lowest BCUT2D eigenvalue weighted by Gasteiger charge is -2.35. The van der Waals surface area contributed by atoms with Crippen molar-refractivity contribution >= 4 is 45.8 Å². The van der Waals surface area contributed by atoms with Gasteiger partial charge in [-0.2, -0.15) is 0 Å². The Morgan fingerprint density at radius 2 is 1.81 bits per heavy atom. The molecular formula is C37H47N7O7S. The SMILES string of the molecule is COc1cc2nc3c(cc2c(OC)c1OC)CN(C(=O)c1cc(C(C)C)on1)CCN(C(=O)Cc1csc(C)n1)CCC(=O)NCC1CCCN3C1. The van der Waals surface area contributed by atoms with Crippen molar-refractivity contribution < 1.29 is 33.1 Å². The van der Waals surface area contributed by atoms with E-state index < -0.39 is 0 Å². The fourth-order valence-electron chi connectivity index (χ4n) is 6.86. The average Bonchev–Trinajstić information content (AvgIpc) is 3.81. The molecule has 0 spiro atoms. The first kappa shape index (κ1) is 36.9. The van der Waals surface area contributed by atoms with Crippen LogP contribution in [0.15, 0.2) is 28.1 Å². The van der Waals surface area contributed by atoms with Crippen molar-refractivity contribution in [3.05, 3.63) is 51.3 Å².